The number of hydrogen-bond acceptors (Lipinski definition) is 5. The molecule has 0 saturated carbocycles. The molecule has 0 spiro atoms. The second-order valence-corrected chi connectivity index (χ2v) is 11.2. The minimum atomic E-state index is -1.00. The van der Waals surface area contributed by atoms with Gasteiger partial charge in [-0.2, -0.15) is 0 Å². The lowest BCUT2D eigenvalue weighted by Crippen LogP contribution is -2.52. The molecule has 2 unspecified atom stereocenters. The van der Waals surface area contributed by atoms with Crippen LogP contribution in [0.5, 0.6) is 0 Å². The van der Waals surface area contributed by atoms with Gasteiger partial charge in [-0.15, -0.1) is 0 Å². The van der Waals surface area contributed by atoms with Crippen LogP contribution in [0.4, 0.5) is 13.6 Å². The number of hydrogen-bond donors (Lipinski definition) is 3. The summed E-state index contributed by atoms with van der Waals surface area (Å²) in [5.41, 5.74) is 2.03. The van der Waals surface area contributed by atoms with E-state index in [0.717, 1.165) is 18.1 Å². The average molecular weight is 546 g/mol. The molecule has 2 atom stereocenters. The van der Waals surface area contributed by atoms with Gasteiger partial charge in [0.25, 0.3) is 0 Å². The van der Waals surface area contributed by atoms with Crippen molar-refractivity contribution in [3.05, 3.63) is 70.8 Å². The van der Waals surface area contributed by atoms with E-state index in [1.807, 2.05) is 12.1 Å². The fourth-order valence-electron chi connectivity index (χ4n) is 4.68. The molecule has 1 aliphatic rings. The van der Waals surface area contributed by atoms with Crippen molar-refractivity contribution in [2.24, 2.45) is 5.92 Å². The van der Waals surface area contributed by atoms with Gasteiger partial charge in [0, 0.05) is 38.2 Å². The van der Waals surface area contributed by atoms with Crippen molar-refractivity contribution >= 4 is 12.0 Å². The van der Waals surface area contributed by atoms with Crippen molar-refractivity contribution in [1.82, 2.24) is 15.5 Å². The second kappa shape index (κ2) is 13.8. The van der Waals surface area contributed by atoms with Gasteiger partial charge in [0.2, 0.25) is 5.91 Å². The largest absolute Gasteiger partial charge is 0.444 e. The van der Waals surface area contributed by atoms with Crippen LogP contribution >= 0.6 is 0 Å². The topological polar surface area (TPSA) is 90.9 Å². The molecule has 214 valence electrons. The van der Waals surface area contributed by atoms with Gasteiger partial charge >= 0.3 is 6.09 Å². The van der Waals surface area contributed by atoms with Crippen LogP contribution in [-0.4, -0.2) is 59.4 Å². The third-order valence-corrected chi connectivity index (χ3v) is 6.77. The zero-order valence-electron chi connectivity index (χ0n) is 23.3. The molecule has 1 fully saturated rings. The Balaban J connectivity index is 1.62. The normalized spacial score (nSPS) is 16.0. The molecule has 2 amide bonds. The third-order valence-electron chi connectivity index (χ3n) is 6.77. The molecule has 1 heterocycles. The lowest BCUT2D eigenvalue weighted by Gasteiger charge is -2.34. The summed E-state index contributed by atoms with van der Waals surface area (Å²) in [5, 5.41) is 17.2. The summed E-state index contributed by atoms with van der Waals surface area (Å²) in [5.74, 6) is -2.04. The summed E-state index contributed by atoms with van der Waals surface area (Å²) >= 11 is 0. The monoisotopic (exact) mass is 545 g/mol. The Kier molecular flexibility index (Phi) is 10.8. The Hall–Kier alpha value is -3.04. The molecule has 0 radical (unpaired) electrons. The zero-order chi connectivity index (χ0) is 28.6. The van der Waals surface area contributed by atoms with E-state index in [-0.39, 0.29) is 24.8 Å². The predicted molar refractivity (Wildman–Crippen MR) is 146 cm³/mol. The maximum Gasteiger partial charge on any atom is 0.410 e. The number of aliphatic hydroxyl groups excluding tert-OH is 1. The number of ether oxygens (including phenoxy) is 1. The molecular weight excluding hydrogens is 504 g/mol. The molecule has 3 N–H and O–H groups in total. The summed E-state index contributed by atoms with van der Waals surface area (Å²) < 4.78 is 33.1. The van der Waals surface area contributed by atoms with E-state index < -0.39 is 35.5 Å². The number of piperidine rings is 1. The lowest BCUT2D eigenvalue weighted by atomic mass is 9.94. The Bertz CT molecular complexity index is 1090. The Morgan fingerprint density at radius 2 is 1.69 bits per heavy atom. The van der Waals surface area contributed by atoms with Gasteiger partial charge < -0.3 is 25.4 Å². The number of aliphatic hydroxyl groups is 1. The van der Waals surface area contributed by atoms with Gasteiger partial charge in [-0.25, -0.2) is 13.6 Å². The van der Waals surface area contributed by atoms with Crippen LogP contribution in [0.25, 0.3) is 0 Å². The summed E-state index contributed by atoms with van der Waals surface area (Å²) in [7, 11) is 0. The number of nitrogens with zero attached hydrogens (tertiary/aromatic N) is 1. The maximum atomic E-state index is 13.8. The number of amides is 2. The van der Waals surface area contributed by atoms with Crippen molar-refractivity contribution in [2.45, 2.75) is 77.7 Å². The highest BCUT2D eigenvalue weighted by molar-refractivity contribution is 5.79. The molecule has 9 heteroatoms. The van der Waals surface area contributed by atoms with Crippen molar-refractivity contribution in [1.29, 1.82) is 0 Å². The van der Waals surface area contributed by atoms with Crippen molar-refractivity contribution in [2.75, 3.05) is 19.6 Å². The van der Waals surface area contributed by atoms with Gasteiger partial charge in [0.1, 0.15) is 17.2 Å². The van der Waals surface area contributed by atoms with Gasteiger partial charge in [-0.05, 0) is 75.3 Å². The fourth-order valence-corrected chi connectivity index (χ4v) is 4.68. The van der Waals surface area contributed by atoms with Crippen LogP contribution in [0.3, 0.4) is 0 Å². The molecular formula is C30H41F2N3O4. The van der Waals surface area contributed by atoms with Gasteiger partial charge in [0.15, 0.2) is 0 Å². The molecule has 1 aliphatic heterocycles. The highest BCUT2D eigenvalue weighted by atomic mass is 19.1. The molecule has 0 aliphatic carbocycles. The number of nitrogens with one attached hydrogen (secondary N) is 2. The van der Waals surface area contributed by atoms with Gasteiger partial charge in [0.05, 0.1) is 12.1 Å². The number of benzene rings is 2. The van der Waals surface area contributed by atoms with Gasteiger partial charge in [-0.1, -0.05) is 31.2 Å². The number of carbonyl (C=O) groups is 2. The Labute approximate surface area is 229 Å². The van der Waals surface area contributed by atoms with Crippen LogP contribution in [0.15, 0.2) is 42.5 Å². The number of rotatable bonds is 10. The van der Waals surface area contributed by atoms with Crippen molar-refractivity contribution < 1.29 is 28.2 Å². The predicted octanol–water partition coefficient (Wildman–Crippen LogP) is 4.35. The molecule has 39 heavy (non-hydrogen) atoms. The first-order valence-corrected chi connectivity index (χ1v) is 13.6. The first kappa shape index (κ1) is 30.5. The zero-order valence-corrected chi connectivity index (χ0v) is 23.3. The molecule has 0 aromatic heterocycles. The maximum absolute atomic E-state index is 13.8. The molecule has 1 saturated heterocycles. The van der Waals surface area contributed by atoms with E-state index in [0.29, 0.717) is 38.0 Å². The van der Waals surface area contributed by atoms with Crippen LogP contribution in [0.2, 0.25) is 0 Å². The summed E-state index contributed by atoms with van der Waals surface area (Å²) in [6.45, 7) is 8.97. The Morgan fingerprint density at radius 3 is 2.31 bits per heavy atom. The number of likely N-dealkylation sites (tertiary alicyclic amines) is 1. The van der Waals surface area contributed by atoms with Gasteiger partial charge in [-0.3, -0.25) is 4.79 Å². The molecule has 7 nitrogen and oxygen atoms in total. The number of carbonyl (C=O) groups excluding carboxylic acids is 2. The second-order valence-electron chi connectivity index (χ2n) is 11.2. The molecule has 2 aromatic rings. The molecule has 2 aromatic carbocycles. The minimum Gasteiger partial charge on any atom is -0.444 e. The minimum absolute atomic E-state index is 0.0609. The molecule has 3 rings (SSSR count). The summed E-state index contributed by atoms with van der Waals surface area (Å²) in [6.07, 6.45) is 0.481. The van der Waals surface area contributed by atoms with Crippen molar-refractivity contribution in [3.8, 4) is 0 Å². The van der Waals surface area contributed by atoms with E-state index in [1.165, 1.54) is 17.7 Å². The highest BCUT2D eigenvalue weighted by Gasteiger charge is 2.32. The van der Waals surface area contributed by atoms with E-state index in [9.17, 15) is 23.5 Å². The third kappa shape index (κ3) is 9.89. The quantitative estimate of drug-likeness (QED) is 0.413. The van der Waals surface area contributed by atoms with Crippen LogP contribution in [0, 0.1) is 17.6 Å². The summed E-state index contributed by atoms with van der Waals surface area (Å²) in [4.78, 5) is 27.1. The first-order chi connectivity index (χ1) is 18.4. The van der Waals surface area contributed by atoms with E-state index in [1.54, 1.807) is 25.7 Å². The van der Waals surface area contributed by atoms with Crippen LogP contribution in [0.1, 0.15) is 57.2 Å². The van der Waals surface area contributed by atoms with Crippen LogP contribution in [-0.2, 0) is 28.9 Å². The van der Waals surface area contributed by atoms with Crippen LogP contribution < -0.4 is 10.6 Å². The smallest absolute Gasteiger partial charge is 0.410 e. The number of aryl methyl sites for hydroxylation is 1. The average Bonchev–Trinajstić information content (AvgIpc) is 2.87. The lowest BCUT2D eigenvalue weighted by molar-refractivity contribution is -0.128. The highest BCUT2D eigenvalue weighted by Crippen LogP contribution is 2.21. The Morgan fingerprint density at radius 1 is 1.05 bits per heavy atom. The molecule has 0 bridgehead atoms. The fraction of sp³-hybridized carbons (Fsp3) is 0.533. The number of halogens is 2. The first-order valence-electron chi connectivity index (χ1n) is 13.6. The standard InChI is InChI=1S/C30H41F2N3O4/c1-5-20-7-6-8-21(13-20)18-33-19-27(36)26(16-22-14-24(31)17-25(32)15-22)34-28(37)23-9-11-35(12-10-23)29(38)39-30(2,3)4/h6-8,13-15,17,23,26-27,33,36H,5,9-12,16,18-19H2,1-4H3,(H,34,37). The summed E-state index contributed by atoms with van der Waals surface area (Å²) in [6, 6.07) is 10.6. The SMILES string of the molecule is CCc1cccc(CNCC(O)C(Cc2cc(F)cc(F)c2)NC(=O)C2CCN(C(=O)OC(C)(C)C)CC2)c1. The van der Waals surface area contributed by atoms with Crippen molar-refractivity contribution in [3.63, 3.8) is 0 Å². The van der Waals surface area contributed by atoms with E-state index in [4.69, 9.17) is 4.74 Å². The van der Waals surface area contributed by atoms with E-state index in [2.05, 4.69) is 29.7 Å². The van der Waals surface area contributed by atoms with E-state index >= 15 is 0 Å².